The van der Waals surface area contributed by atoms with Crippen LogP contribution in [0.4, 0.5) is 0 Å². The smallest absolute Gasteiger partial charge is 0.235 e. The Bertz CT molecular complexity index is 300. The first-order valence-electron chi connectivity index (χ1n) is 3.91. The Hall–Kier alpha value is -0.610. The summed E-state index contributed by atoms with van der Waals surface area (Å²) in [5.41, 5.74) is 0. The van der Waals surface area contributed by atoms with Gasteiger partial charge in [0.1, 0.15) is 5.88 Å². The second kappa shape index (κ2) is 4.58. The van der Waals surface area contributed by atoms with Crippen LogP contribution in [0, 0.1) is 6.92 Å². The largest absolute Gasteiger partial charge is 0.348 e. The van der Waals surface area contributed by atoms with E-state index in [1.807, 2.05) is 13.8 Å². The van der Waals surface area contributed by atoms with Gasteiger partial charge in [0.25, 0.3) is 0 Å². The maximum absolute atomic E-state index is 10.9. The van der Waals surface area contributed by atoms with E-state index in [4.69, 9.17) is 11.6 Å². The Morgan fingerprint density at radius 2 is 2.54 bits per heavy atom. The summed E-state index contributed by atoms with van der Waals surface area (Å²) in [6, 6.07) is -0.00236. The van der Waals surface area contributed by atoms with E-state index in [0.29, 0.717) is 0 Å². The first-order valence-corrected chi connectivity index (χ1v) is 5.26. The molecule has 0 aromatic carbocycles. The van der Waals surface area contributed by atoms with E-state index in [0.717, 1.165) is 9.88 Å². The van der Waals surface area contributed by atoms with Gasteiger partial charge in [0, 0.05) is 11.1 Å². The fourth-order valence-corrected chi connectivity index (χ4v) is 1.79. The van der Waals surface area contributed by atoms with Crippen LogP contribution in [0.1, 0.15) is 22.9 Å². The first-order chi connectivity index (χ1) is 6.13. The molecule has 1 atom stereocenters. The SMILES string of the molecule is Cc1ncc(C(C)NC(=O)CCl)s1. The van der Waals surface area contributed by atoms with Crippen molar-refractivity contribution >= 4 is 28.8 Å². The minimum Gasteiger partial charge on any atom is -0.348 e. The molecule has 0 aliphatic rings. The number of nitrogens with one attached hydrogen (secondary N) is 1. The zero-order chi connectivity index (χ0) is 9.84. The van der Waals surface area contributed by atoms with Crippen LogP contribution in [0.5, 0.6) is 0 Å². The number of nitrogens with zero attached hydrogens (tertiary/aromatic N) is 1. The molecule has 1 unspecified atom stereocenters. The molecule has 0 fully saturated rings. The number of rotatable bonds is 3. The predicted molar refractivity (Wildman–Crippen MR) is 54.1 cm³/mol. The van der Waals surface area contributed by atoms with Gasteiger partial charge >= 0.3 is 0 Å². The highest BCUT2D eigenvalue weighted by Crippen LogP contribution is 2.19. The summed E-state index contributed by atoms with van der Waals surface area (Å²) in [6.07, 6.45) is 1.78. The van der Waals surface area contributed by atoms with E-state index in [-0.39, 0.29) is 17.8 Å². The van der Waals surface area contributed by atoms with Crippen LogP contribution in [-0.4, -0.2) is 16.8 Å². The maximum Gasteiger partial charge on any atom is 0.235 e. The quantitative estimate of drug-likeness (QED) is 0.788. The van der Waals surface area contributed by atoms with Crippen LogP contribution in [0.15, 0.2) is 6.20 Å². The van der Waals surface area contributed by atoms with Crippen molar-refractivity contribution in [1.82, 2.24) is 10.3 Å². The van der Waals surface area contributed by atoms with Crippen molar-refractivity contribution in [2.24, 2.45) is 0 Å². The lowest BCUT2D eigenvalue weighted by atomic mass is 10.3. The fraction of sp³-hybridized carbons (Fsp3) is 0.500. The molecule has 0 bridgehead atoms. The maximum atomic E-state index is 10.9. The minimum atomic E-state index is -0.153. The zero-order valence-corrected chi connectivity index (χ0v) is 9.08. The van der Waals surface area contributed by atoms with Gasteiger partial charge in [0.15, 0.2) is 0 Å². The molecule has 0 radical (unpaired) electrons. The minimum absolute atomic E-state index is 0.00211. The summed E-state index contributed by atoms with van der Waals surface area (Å²) in [7, 11) is 0. The third kappa shape index (κ3) is 2.97. The van der Waals surface area contributed by atoms with Crippen LogP contribution in [-0.2, 0) is 4.79 Å². The molecule has 5 heteroatoms. The molecule has 13 heavy (non-hydrogen) atoms. The number of amides is 1. The highest BCUT2D eigenvalue weighted by molar-refractivity contribution is 7.11. The molecule has 0 spiro atoms. The average molecular weight is 219 g/mol. The van der Waals surface area contributed by atoms with Crippen molar-refractivity contribution in [2.75, 3.05) is 5.88 Å². The summed E-state index contributed by atoms with van der Waals surface area (Å²) < 4.78 is 0. The van der Waals surface area contributed by atoms with Gasteiger partial charge in [-0.25, -0.2) is 4.98 Å². The summed E-state index contributed by atoms with van der Waals surface area (Å²) in [6.45, 7) is 3.85. The van der Waals surface area contributed by atoms with Crippen molar-refractivity contribution < 1.29 is 4.79 Å². The highest BCUT2D eigenvalue weighted by atomic mass is 35.5. The van der Waals surface area contributed by atoms with Crippen LogP contribution in [0.2, 0.25) is 0 Å². The van der Waals surface area contributed by atoms with Crippen molar-refractivity contribution in [3.05, 3.63) is 16.1 Å². The highest BCUT2D eigenvalue weighted by Gasteiger charge is 2.10. The van der Waals surface area contributed by atoms with Gasteiger partial charge < -0.3 is 5.32 Å². The molecule has 0 saturated heterocycles. The van der Waals surface area contributed by atoms with Gasteiger partial charge in [-0.3, -0.25) is 4.79 Å². The number of hydrogen-bond donors (Lipinski definition) is 1. The second-order valence-corrected chi connectivity index (χ2v) is 4.24. The second-order valence-electron chi connectivity index (χ2n) is 2.70. The number of aromatic nitrogens is 1. The Morgan fingerprint density at radius 1 is 1.85 bits per heavy atom. The number of halogens is 1. The summed E-state index contributed by atoms with van der Waals surface area (Å²) in [4.78, 5) is 16.1. The molecule has 0 aliphatic heterocycles. The van der Waals surface area contributed by atoms with E-state index >= 15 is 0 Å². The van der Waals surface area contributed by atoms with Crippen LogP contribution >= 0.6 is 22.9 Å². The van der Waals surface area contributed by atoms with Gasteiger partial charge in [-0.2, -0.15) is 0 Å². The topological polar surface area (TPSA) is 42.0 Å². The first kappa shape index (κ1) is 10.5. The monoisotopic (exact) mass is 218 g/mol. The van der Waals surface area contributed by atoms with Gasteiger partial charge in [0.05, 0.1) is 11.0 Å². The lowest BCUT2D eigenvalue weighted by molar-refractivity contribution is -0.119. The summed E-state index contributed by atoms with van der Waals surface area (Å²) >= 11 is 6.94. The predicted octanol–water partition coefficient (Wildman–Crippen LogP) is 1.87. The molecule has 1 heterocycles. The molecule has 1 aromatic rings. The average Bonchev–Trinajstić information content (AvgIpc) is 2.51. The fourth-order valence-electron chi connectivity index (χ4n) is 0.929. The molecule has 72 valence electrons. The zero-order valence-electron chi connectivity index (χ0n) is 7.50. The third-order valence-corrected chi connectivity index (χ3v) is 2.90. The Morgan fingerprint density at radius 3 is 3.00 bits per heavy atom. The molecule has 0 saturated carbocycles. The standard InChI is InChI=1S/C8H11ClN2OS/c1-5(11-8(12)3-9)7-4-10-6(2)13-7/h4-5H,3H2,1-2H3,(H,11,12). The van der Waals surface area contributed by atoms with Crippen molar-refractivity contribution in [3.8, 4) is 0 Å². The lowest BCUT2D eigenvalue weighted by Gasteiger charge is -2.09. The molecule has 0 aliphatic carbocycles. The summed E-state index contributed by atoms with van der Waals surface area (Å²) in [5.74, 6) is -0.150. The normalized spacial score (nSPS) is 12.5. The lowest BCUT2D eigenvalue weighted by Crippen LogP contribution is -2.26. The van der Waals surface area contributed by atoms with Gasteiger partial charge in [-0.05, 0) is 13.8 Å². The van der Waals surface area contributed by atoms with Crippen LogP contribution in [0.3, 0.4) is 0 Å². The van der Waals surface area contributed by atoms with Gasteiger partial charge in [-0.15, -0.1) is 22.9 Å². The van der Waals surface area contributed by atoms with E-state index in [2.05, 4.69) is 10.3 Å². The van der Waals surface area contributed by atoms with E-state index < -0.39 is 0 Å². The van der Waals surface area contributed by atoms with Crippen molar-refractivity contribution in [2.45, 2.75) is 19.9 Å². The number of thiazole rings is 1. The Labute approximate surface area is 86.1 Å². The number of hydrogen-bond acceptors (Lipinski definition) is 3. The van der Waals surface area contributed by atoms with Crippen molar-refractivity contribution in [1.29, 1.82) is 0 Å². The number of alkyl halides is 1. The van der Waals surface area contributed by atoms with Crippen LogP contribution < -0.4 is 5.32 Å². The van der Waals surface area contributed by atoms with Gasteiger partial charge in [0.2, 0.25) is 5.91 Å². The molecule has 1 amide bonds. The third-order valence-electron chi connectivity index (χ3n) is 1.56. The molecule has 1 rings (SSSR count). The molecular weight excluding hydrogens is 208 g/mol. The number of carbonyl (C=O) groups is 1. The molecular formula is C8H11ClN2OS. The molecule has 1 N–H and O–H groups in total. The molecule has 3 nitrogen and oxygen atoms in total. The Balaban J connectivity index is 2.58. The number of aryl methyl sites for hydroxylation is 1. The van der Waals surface area contributed by atoms with E-state index in [9.17, 15) is 4.79 Å². The Kier molecular flexibility index (Phi) is 3.69. The van der Waals surface area contributed by atoms with E-state index in [1.54, 1.807) is 17.5 Å². The number of carbonyl (C=O) groups excluding carboxylic acids is 1. The van der Waals surface area contributed by atoms with E-state index in [1.165, 1.54) is 0 Å². The summed E-state index contributed by atoms with van der Waals surface area (Å²) in [5, 5.41) is 3.76. The molecule has 1 aromatic heterocycles. The van der Waals surface area contributed by atoms with Gasteiger partial charge in [-0.1, -0.05) is 0 Å². The van der Waals surface area contributed by atoms with Crippen molar-refractivity contribution in [3.63, 3.8) is 0 Å². The van der Waals surface area contributed by atoms with Crippen LogP contribution in [0.25, 0.3) is 0 Å².